The quantitative estimate of drug-likeness (QED) is 0.578. The van der Waals surface area contributed by atoms with E-state index in [-0.39, 0.29) is 5.76 Å². The Balaban J connectivity index is 1.85. The fraction of sp³-hybridized carbons (Fsp3) is 0.286. The van der Waals surface area contributed by atoms with E-state index in [4.69, 9.17) is 10.2 Å². The van der Waals surface area contributed by atoms with Crippen LogP contribution >= 0.6 is 11.3 Å². The number of nitrogens with one attached hydrogen (secondary N) is 2. The van der Waals surface area contributed by atoms with Gasteiger partial charge in [0.25, 0.3) is 5.91 Å². The van der Waals surface area contributed by atoms with E-state index in [0.717, 1.165) is 0 Å². The average molecular weight is 306 g/mol. The van der Waals surface area contributed by atoms with Crippen molar-refractivity contribution in [2.24, 2.45) is 10.7 Å². The number of nitrogens with zero attached hydrogens (tertiary/aromatic N) is 1. The maximum Gasteiger partial charge on any atom is 0.284 e. The van der Waals surface area contributed by atoms with E-state index in [9.17, 15) is 4.79 Å². The number of hydrogen-bond acceptors (Lipinski definition) is 4. The third kappa shape index (κ3) is 4.09. The molecule has 2 aromatic heterocycles. The van der Waals surface area contributed by atoms with Crippen LogP contribution in [0.4, 0.5) is 0 Å². The first-order valence-corrected chi connectivity index (χ1v) is 7.34. The Kier molecular flexibility index (Phi) is 4.99. The molecule has 2 aromatic rings. The van der Waals surface area contributed by atoms with Crippen LogP contribution in [0, 0.1) is 6.92 Å². The number of hydrogen-bond donors (Lipinski definition) is 3. The molecule has 0 spiro atoms. The smallest absolute Gasteiger partial charge is 0.284 e. The molecule has 0 unspecified atom stereocenters. The lowest BCUT2D eigenvalue weighted by Crippen LogP contribution is -2.36. The molecule has 6 nitrogen and oxygen atoms in total. The van der Waals surface area contributed by atoms with E-state index >= 15 is 0 Å². The molecule has 0 radical (unpaired) electrons. The molecule has 7 heteroatoms. The van der Waals surface area contributed by atoms with E-state index in [0.29, 0.717) is 24.8 Å². The van der Waals surface area contributed by atoms with E-state index < -0.39 is 5.91 Å². The number of amides is 1. The Morgan fingerprint density at radius 1 is 1.33 bits per heavy atom. The van der Waals surface area contributed by atoms with Gasteiger partial charge in [-0.15, -0.1) is 11.3 Å². The fourth-order valence-electron chi connectivity index (χ4n) is 1.75. The van der Waals surface area contributed by atoms with Crippen LogP contribution < -0.4 is 16.4 Å². The van der Waals surface area contributed by atoms with Crippen LogP contribution in [0.5, 0.6) is 0 Å². The summed E-state index contributed by atoms with van der Waals surface area (Å²) in [6.45, 7) is 3.22. The van der Waals surface area contributed by atoms with Gasteiger partial charge in [-0.1, -0.05) is 0 Å². The van der Waals surface area contributed by atoms with Crippen LogP contribution in [0.15, 0.2) is 33.0 Å². The lowest BCUT2D eigenvalue weighted by molar-refractivity contribution is 0.0972. The summed E-state index contributed by atoms with van der Waals surface area (Å²) in [4.78, 5) is 16.4. The maximum atomic E-state index is 10.9. The maximum absolute atomic E-state index is 10.9. The SMILES string of the molecule is CN=C(NCc1ccc(C(N)=O)o1)NCc1sccc1C. The summed E-state index contributed by atoms with van der Waals surface area (Å²) in [6, 6.07) is 5.36. The molecule has 0 saturated heterocycles. The summed E-state index contributed by atoms with van der Waals surface area (Å²) in [5, 5.41) is 8.41. The third-order valence-electron chi connectivity index (χ3n) is 2.94. The van der Waals surface area contributed by atoms with E-state index in [2.05, 4.69) is 34.0 Å². The Morgan fingerprint density at radius 2 is 2.10 bits per heavy atom. The lowest BCUT2D eigenvalue weighted by Gasteiger charge is -2.10. The normalized spacial score (nSPS) is 11.4. The Bertz CT molecular complexity index is 645. The molecule has 4 N–H and O–H groups in total. The molecule has 0 aliphatic heterocycles. The van der Waals surface area contributed by atoms with Gasteiger partial charge in [0.1, 0.15) is 5.76 Å². The molecule has 112 valence electrons. The number of furan rings is 1. The van der Waals surface area contributed by atoms with Gasteiger partial charge in [-0.05, 0) is 36.1 Å². The van der Waals surface area contributed by atoms with Gasteiger partial charge in [-0.3, -0.25) is 9.79 Å². The molecule has 21 heavy (non-hydrogen) atoms. The minimum atomic E-state index is -0.572. The molecule has 0 aliphatic rings. The average Bonchev–Trinajstić information content (AvgIpc) is 3.08. The minimum Gasteiger partial charge on any atom is -0.454 e. The van der Waals surface area contributed by atoms with Crippen LogP contribution in [-0.2, 0) is 13.1 Å². The summed E-state index contributed by atoms with van der Waals surface area (Å²) >= 11 is 1.71. The van der Waals surface area contributed by atoms with Crippen molar-refractivity contribution in [3.05, 3.63) is 45.5 Å². The summed E-state index contributed by atoms with van der Waals surface area (Å²) in [5.74, 6) is 0.875. The van der Waals surface area contributed by atoms with Gasteiger partial charge in [-0.2, -0.15) is 0 Å². The molecule has 2 heterocycles. The monoisotopic (exact) mass is 306 g/mol. The predicted octanol–water partition coefficient (Wildman–Crippen LogP) is 1.61. The second kappa shape index (κ2) is 6.94. The number of thiophene rings is 1. The molecule has 1 amide bonds. The number of aryl methyl sites for hydroxylation is 1. The first-order chi connectivity index (χ1) is 10.1. The van der Waals surface area contributed by atoms with Crippen molar-refractivity contribution < 1.29 is 9.21 Å². The second-order valence-corrected chi connectivity index (χ2v) is 5.44. The van der Waals surface area contributed by atoms with Crippen LogP contribution in [0.3, 0.4) is 0 Å². The van der Waals surface area contributed by atoms with Crippen molar-refractivity contribution in [1.29, 1.82) is 0 Å². The number of carbonyl (C=O) groups excluding carboxylic acids is 1. The molecule has 2 rings (SSSR count). The van der Waals surface area contributed by atoms with Gasteiger partial charge < -0.3 is 20.8 Å². The van der Waals surface area contributed by atoms with Crippen LogP contribution in [0.25, 0.3) is 0 Å². The molecule has 0 bridgehead atoms. The number of guanidine groups is 1. The Morgan fingerprint density at radius 3 is 2.67 bits per heavy atom. The summed E-state index contributed by atoms with van der Waals surface area (Å²) in [5.41, 5.74) is 6.40. The van der Waals surface area contributed by atoms with E-state index in [1.807, 2.05) is 0 Å². The van der Waals surface area contributed by atoms with Gasteiger partial charge in [-0.25, -0.2) is 0 Å². The van der Waals surface area contributed by atoms with Gasteiger partial charge >= 0.3 is 0 Å². The first kappa shape index (κ1) is 15.1. The van der Waals surface area contributed by atoms with Crippen molar-refractivity contribution in [3.63, 3.8) is 0 Å². The number of aliphatic imine (C=N–C) groups is 1. The summed E-state index contributed by atoms with van der Waals surface area (Å²) in [7, 11) is 1.70. The second-order valence-electron chi connectivity index (χ2n) is 4.44. The minimum absolute atomic E-state index is 0.156. The van der Waals surface area contributed by atoms with Crippen molar-refractivity contribution >= 4 is 23.2 Å². The summed E-state index contributed by atoms with van der Waals surface area (Å²) in [6.07, 6.45) is 0. The topological polar surface area (TPSA) is 92.6 Å². The fourth-order valence-corrected chi connectivity index (χ4v) is 2.59. The third-order valence-corrected chi connectivity index (χ3v) is 3.97. The van der Waals surface area contributed by atoms with Gasteiger partial charge in [0.15, 0.2) is 11.7 Å². The van der Waals surface area contributed by atoms with E-state index in [1.165, 1.54) is 10.4 Å². The standard InChI is InChI=1S/C14H18N4O2S/c1-9-5-6-21-12(9)8-18-14(16-2)17-7-10-3-4-11(20-10)13(15)19/h3-6H,7-8H2,1-2H3,(H2,15,19)(H2,16,17,18). The van der Waals surface area contributed by atoms with Crippen LogP contribution in [0.2, 0.25) is 0 Å². The Labute approximate surface area is 127 Å². The highest BCUT2D eigenvalue weighted by Gasteiger charge is 2.08. The highest BCUT2D eigenvalue weighted by atomic mass is 32.1. The predicted molar refractivity (Wildman–Crippen MR) is 83.3 cm³/mol. The number of primary amides is 1. The zero-order valence-corrected chi connectivity index (χ0v) is 12.8. The molecular weight excluding hydrogens is 288 g/mol. The van der Waals surface area contributed by atoms with Crippen LogP contribution in [0.1, 0.15) is 26.8 Å². The Hall–Kier alpha value is -2.28. The first-order valence-electron chi connectivity index (χ1n) is 6.46. The van der Waals surface area contributed by atoms with E-state index in [1.54, 1.807) is 30.5 Å². The molecule has 0 atom stereocenters. The van der Waals surface area contributed by atoms with Crippen molar-refractivity contribution in [1.82, 2.24) is 10.6 Å². The highest BCUT2D eigenvalue weighted by molar-refractivity contribution is 7.10. The summed E-state index contributed by atoms with van der Waals surface area (Å²) < 4.78 is 5.29. The lowest BCUT2D eigenvalue weighted by atomic mass is 10.3. The number of nitrogens with two attached hydrogens (primary N) is 1. The van der Waals surface area contributed by atoms with Crippen LogP contribution in [-0.4, -0.2) is 18.9 Å². The highest BCUT2D eigenvalue weighted by Crippen LogP contribution is 2.14. The molecule has 0 aliphatic carbocycles. The molecule has 0 saturated carbocycles. The van der Waals surface area contributed by atoms with Crippen molar-refractivity contribution in [2.45, 2.75) is 20.0 Å². The molecule has 0 fully saturated rings. The van der Waals surface area contributed by atoms with Gasteiger partial charge in [0.05, 0.1) is 13.1 Å². The zero-order chi connectivity index (χ0) is 15.2. The largest absolute Gasteiger partial charge is 0.454 e. The molecular formula is C14H18N4O2S. The van der Waals surface area contributed by atoms with Crippen molar-refractivity contribution in [2.75, 3.05) is 7.05 Å². The molecule has 0 aromatic carbocycles. The van der Waals surface area contributed by atoms with Gasteiger partial charge in [0.2, 0.25) is 0 Å². The van der Waals surface area contributed by atoms with Gasteiger partial charge in [0, 0.05) is 11.9 Å². The number of carbonyl (C=O) groups is 1. The zero-order valence-electron chi connectivity index (χ0n) is 12.0. The van der Waals surface area contributed by atoms with Crippen molar-refractivity contribution in [3.8, 4) is 0 Å². The number of rotatable bonds is 5.